The van der Waals surface area contributed by atoms with E-state index in [2.05, 4.69) is 0 Å². The van der Waals surface area contributed by atoms with Crippen molar-refractivity contribution in [2.45, 2.75) is 26.0 Å². The average molecular weight is 317 g/mol. The molecule has 0 radical (unpaired) electrons. The maximum atomic E-state index is 12.2. The highest BCUT2D eigenvalue weighted by atomic mass is 35.5. The lowest BCUT2D eigenvalue weighted by Gasteiger charge is -2.23. The molecule has 1 aromatic carbocycles. The van der Waals surface area contributed by atoms with Crippen molar-refractivity contribution in [2.24, 2.45) is 5.73 Å². The Labute approximate surface area is 132 Å². The second-order valence-corrected chi connectivity index (χ2v) is 4.55. The second kappa shape index (κ2) is 10.4. The number of hydrogen-bond donors (Lipinski definition) is 1. The first-order chi connectivity index (χ1) is 9.64. The number of nitrogens with two attached hydrogens (primary N) is 1. The molecule has 1 unspecified atom stereocenters. The highest BCUT2D eigenvalue weighted by molar-refractivity contribution is 5.85. The minimum absolute atomic E-state index is 0. The van der Waals surface area contributed by atoms with Crippen LogP contribution in [-0.4, -0.2) is 44.2 Å². The van der Waals surface area contributed by atoms with Crippen LogP contribution in [0.15, 0.2) is 24.3 Å². The van der Waals surface area contributed by atoms with Crippen LogP contribution >= 0.6 is 12.4 Å². The maximum absolute atomic E-state index is 12.2. The van der Waals surface area contributed by atoms with Gasteiger partial charge >= 0.3 is 0 Å². The van der Waals surface area contributed by atoms with Crippen molar-refractivity contribution in [3.8, 4) is 5.75 Å². The lowest BCUT2D eigenvalue weighted by atomic mass is 10.1. The number of carbonyl (C=O) groups is 1. The fraction of sp³-hybridized carbons (Fsp3) is 0.533. The first-order valence-corrected chi connectivity index (χ1v) is 6.78. The van der Waals surface area contributed by atoms with Crippen LogP contribution in [0.2, 0.25) is 0 Å². The zero-order chi connectivity index (χ0) is 15.0. The predicted octanol–water partition coefficient (Wildman–Crippen LogP) is 1.83. The third kappa shape index (κ3) is 6.33. The summed E-state index contributed by atoms with van der Waals surface area (Å²) in [6.45, 7) is 3.56. The topological polar surface area (TPSA) is 64.8 Å². The fourth-order valence-corrected chi connectivity index (χ4v) is 1.91. The number of ether oxygens (including phenoxy) is 2. The molecule has 0 aliphatic heterocycles. The number of benzene rings is 1. The molecule has 0 saturated heterocycles. The Morgan fingerprint density at radius 2 is 1.90 bits per heavy atom. The molecule has 6 heteroatoms. The minimum Gasteiger partial charge on any atom is -0.497 e. The first kappa shape index (κ1) is 19.7. The van der Waals surface area contributed by atoms with Gasteiger partial charge in [-0.3, -0.25) is 4.79 Å². The largest absolute Gasteiger partial charge is 0.497 e. The summed E-state index contributed by atoms with van der Waals surface area (Å²) in [5.41, 5.74) is 6.62. The second-order valence-electron chi connectivity index (χ2n) is 4.55. The van der Waals surface area contributed by atoms with E-state index < -0.39 is 0 Å². The number of hydrogen-bond acceptors (Lipinski definition) is 4. The summed E-state index contributed by atoms with van der Waals surface area (Å²) in [5.74, 6) is 0.867. The summed E-state index contributed by atoms with van der Waals surface area (Å²) in [4.78, 5) is 14.0. The van der Waals surface area contributed by atoms with Gasteiger partial charge in [-0.15, -0.1) is 12.4 Å². The van der Waals surface area contributed by atoms with E-state index in [9.17, 15) is 4.79 Å². The Hall–Kier alpha value is -1.30. The van der Waals surface area contributed by atoms with Gasteiger partial charge < -0.3 is 20.1 Å². The van der Waals surface area contributed by atoms with Crippen LogP contribution in [-0.2, 0) is 16.1 Å². The van der Waals surface area contributed by atoms with Gasteiger partial charge in [-0.2, -0.15) is 0 Å². The van der Waals surface area contributed by atoms with Crippen LogP contribution in [0.4, 0.5) is 0 Å². The molecule has 5 nitrogen and oxygen atoms in total. The summed E-state index contributed by atoms with van der Waals surface area (Å²) < 4.78 is 10.3. The van der Waals surface area contributed by atoms with E-state index in [0.717, 1.165) is 11.3 Å². The lowest BCUT2D eigenvalue weighted by Crippen LogP contribution is -2.35. The van der Waals surface area contributed by atoms with Gasteiger partial charge in [0, 0.05) is 26.7 Å². The van der Waals surface area contributed by atoms with E-state index in [1.807, 2.05) is 31.2 Å². The van der Waals surface area contributed by atoms with Gasteiger partial charge in [0.2, 0.25) is 5.91 Å². The Morgan fingerprint density at radius 1 is 1.29 bits per heavy atom. The van der Waals surface area contributed by atoms with Crippen molar-refractivity contribution in [2.75, 3.05) is 27.3 Å². The van der Waals surface area contributed by atoms with Crippen molar-refractivity contribution in [3.05, 3.63) is 29.8 Å². The molecule has 0 aromatic heterocycles. The van der Waals surface area contributed by atoms with E-state index >= 15 is 0 Å². The van der Waals surface area contributed by atoms with Crippen LogP contribution in [0, 0.1) is 0 Å². The first-order valence-electron chi connectivity index (χ1n) is 6.78. The molecule has 1 amide bonds. The van der Waals surface area contributed by atoms with Crippen LogP contribution < -0.4 is 10.5 Å². The average Bonchev–Trinajstić information content (AvgIpc) is 2.50. The van der Waals surface area contributed by atoms with Gasteiger partial charge in [0.1, 0.15) is 5.75 Å². The van der Waals surface area contributed by atoms with Crippen molar-refractivity contribution >= 4 is 18.3 Å². The number of carbonyl (C=O) groups excluding carboxylic acids is 1. The monoisotopic (exact) mass is 316 g/mol. The van der Waals surface area contributed by atoms with E-state index in [0.29, 0.717) is 26.1 Å². The number of rotatable bonds is 8. The fourth-order valence-electron chi connectivity index (χ4n) is 1.91. The summed E-state index contributed by atoms with van der Waals surface area (Å²) in [7, 11) is 3.21. The molecule has 1 aromatic rings. The molecule has 0 aliphatic rings. The molecule has 120 valence electrons. The predicted molar refractivity (Wildman–Crippen MR) is 85.8 cm³/mol. The van der Waals surface area contributed by atoms with Crippen molar-refractivity contribution in [1.82, 2.24) is 4.90 Å². The number of halogens is 1. The van der Waals surface area contributed by atoms with Crippen LogP contribution in [0.25, 0.3) is 0 Å². The molecule has 2 N–H and O–H groups in total. The zero-order valence-electron chi connectivity index (χ0n) is 12.9. The van der Waals surface area contributed by atoms with E-state index in [1.165, 1.54) is 0 Å². The molecular weight excluding hydrogens is 292 g/mol. The molecule has 0 heterocycles. The zero-order valence-corrected chi connectivity index (χ0v) is 13.7. The van der Waals surface area contributed by atoms with Gasteiger partial charge in [0.15, 0.2) is 0 Å². The molecule has 0 aliphatic carbocycles. The van der Waals surface area contributed by atoms with E-state index in [1.54, 1.807) is 19.1 Å². The molecule has 21 heavy (non-hydrogen) atoms. The summed E-state index contributed by atoms with van der Waals surface area (Å²) in [5, 5.41) is 0. The quantitative estimate of drug-likeness (QED) is 0.794. The van der Waals surface area contributed by atoms with Crippen LogP contribution in [0.3, 0.4) is 0 Å². The third-order valence-electron chi connectivity index (χ3n) is 3.27. The number of nitrogens with zero attached hydrogens (tertiary/aromatic N) is 1. The Morgan fingerprint density at radius 3 is 2.33 bits per heavy atom. The van der Waals surface area contributed by atoms with Crippen molar-refractivity contribution in [3.63, 3.8) is 0 Å². The lowest BCUT2D eigenvalue weighted by molar-refractivity contribution is -0.134. The van der Waals surface area contributed by atoms with E-state index in [-0.39, 0.29) is 24.4 Å². The van der Waals surface area contributed by atoms with Gasteiger partial charge in [-0.25, -0.2) is 0 Å². The van der Waals surface area contributed by atoms with Crippen molar-refractivity contribution in [1.29, 1.82) is 0 Å². The SMILES string of the molecule is CCN(Cc1ccc(OC)cc1)C(=O)CC(CN)OC.Cl. The molecule has 1 rings (SSSR count). The molecule has 0 fully saturated rings. The number of amides is 1. The summed E-state index contributed by atoms with van der Waals surface area (Å²) >= 11 is 0. The Kier molecular flexibility index (Phi) is 9.78. The van der Waals surface area contributed by atoms with Gasteiger partial charge in [-0.05, 0) is 24.6 Å². The van der Waals surface area contributed by atoms with Crippen LogP contribution in [0.5, 0.6) is 5.75 Å². The molecule has 1 atom stereocenters. The molecular formula is C15H25ClN2O3. The van der Waals surface area contributed by atoms with Gasteiger partial charge in [0.05, 0.1) is 19.6 Å². The maximum Gasteiger partial charge on any atom is 0.225 e. The van der Waals surface area contributed by atoms with Gasteiger partial charge in [0.25, 0.3) is 0 Å². The Bertz CT molecular complexity index is 408. The Balaban J connectivity index is 0.00000400. The normalized spacial score (nSPS) is 11.4. The minimum atomic E-state index is -0.215. The van der Waals surface area contributed by atoms with Crippen LogP contribution in [0.1, 0.15) is 18.9 Å². The van der Waals surface area contributed by atoms with Crippen molar-refractivity contribution < 1.29 is 14.3 Å². The summed E-state index contributed by atoms with van der Waals surface area (Å²) in [6.07, 6.45) is 0.101. The highest BCUT2D eigenvalue weighted by Crippen LogP contribution is 2.14. The molecule has 0 bridgehead atoms. The molecule has 0 spiro atoms. The van der Waals surface area contributed by atoms with Gasteiger partial charge in [-0.1, -0.05) is 12.1 Å². The summed E-state index contributed by atoms with van der Waals surface area (Å²) in [6, 6.07) is 7.72. The molecule has 0 saturated carbocycles. The van der Waals surface area contributed by atoms with E-state index in [4.69, 9.17) is 15.2 Å². The number of methoxy groups -OCH3 is 2. The third-order valence-corrected chi connectivity index (χ3v) is 3.27. The smallest absolute Gasteiger partial charge is 0.225 e. The standard InChI is InChI=1S/C15H24N2O3.ClH/c1-4-17(15(18)9-14(10-16)20-3)11-12-5-7-13(19-2)8-6-12;/h5-8,14H,4,9-11,16H2,1-3H3;1H. The highest BCUT2D eigenvalue weighted by Gasteiger charge is 2.17.